The summed E-state index contributed by atoms with van der Waals surface area (Å²) < 4.78 is 0. The van der Waals surface area contributed by atoms with Gasteiger partial charge in [-0.2, -0.15) is 0 Å². The zero-order valence-corrected chi connectivity index (χ0v) is 12.8. The van der Waals surface area contributed by atoms with Crippen molar-refractivity contribution in [2.75, 3.05) is 6.54 Å². The quantitative estimate of drug-likeness (QED) is 0.871. The smallest absolute Gasteiger partial charge is 0.0885 e. The maximum Gasteiger partial charge on any atom is 0.0885 e. The third kappa shape index (κ3) is 3.27. The van der Waals surface area contributed by atoms with Crippen molar-refractivity contribution in [1.82, 2.24) is 0 Å². The Morgan fingerprint density at radius 3 is 2.40 bits per heavy atom. The maximum absolute atomic E-state index is 10.6. The van der Waals surface area contributed by atoms with E-state index < -0.39 is 6.10 Å². The van der Waals surface area contributed by atoms with E-state index in [1.165, 1.54) is 0 Å². The zero-order chi connectivity index (χ0) is 14.7. The number of halogens is 3. The molecule has 0 aromatic heterocycles. The van der Waals surface area contributed by atoms with Crippen LogP contribution < -0.4 is 5.73 Å². The summed E-state index contributed by atoms with van der Waals surface area (Å²) >= 11 is 18.1. The fourth-order valence-corrected chi connectivity index (χ4v) is 2.77. The van der Waals surface area contributed by atoms with Gasteiger partial charge in [0, 0.05) is 23.0 Å². The van der Waals surface area contributed by atoms with Crippen LogP contribution in [0.4, 0.5) is 0 Å². The van der Waals surface area contributed by atoms with Crippen LogP contribution in [-0.4, -0.2) is 11.7 Å². The largest absolute Gasteiger partial charge is 0.388 e. The Morgan fingerprint density at radius 2 is 1.75 bits per heavy atom. The molecule has 3 N–H and O–H groups in total. The van der Waals surface area contributed by atoms with Crippen LogP contribution in [0.5, 0.6) is 0 Å². The Kier molecular flexibility index (Phi) is 5.30. The summed E-state index contributed by atoms with van der Waals surface area (Å²) in [5.41, 5.74) is 7.23. The van der Waals surface area contributed by atoms with Crippen molar-refractivity contribution >= 4 is 34.8 Å². The zero-order valence-electron chi connectivity index (χ0n) is 10.6. The second kappa shape index (κ2) is 6.79. The number of hydrogen-bond donors (Lipinski definition) is 2. The van der Waals surface area contributed by atoms with E-state index in [0.717, 1.165) is 5.56 Å². The van der Waals surface area contributed by atoms with Crippen LogP contribution in [0.15, 0.2) is 42.5 Å². The Hall–Kier alpha value is -0.770. The van der Waals surface area contributed by atoms with Gasteiger partial charge < -0.3 is 10.8 Å². The fourth-order valence-electron chi connectivity index (χ4n) is 2.15. The average Bonchev–Trinajstić information content (AvgIpc) is 2.42. The van der Waals surface area contributed by atoms with Crippen molar-refractivity contribution in [3.63, 3.8) is 0 Å². The van der Waals surface area contributed by atoms with Gasteiger partial charge in [-0.1, -0.05) is 59.1 Å². The molecular formula is C15H14Cl3NO. The summed E-state index contributed by atoms with van der Waals surface area (Å²) in [5.74, 6) is -0.301. The van der Waals surface area contributed by atoms with Crippen LogP contribution in [-0.2, 0) is 0 Å². The molecule has 0 aliphatic rings. The number of hydrogen-bond acceptors (Lipinski definition) is 2. The molecular weight excluding hydrogens is 317 g/mol. The molecule has 2 unspecified atom stereocenters. The van der Waals surface area contributed by atoms with Crippen molar-refractivity contribution in [1.29, 1.82) is 0 Å². The van der Waals surface area contributed by atoms with Crippen molar-refractivity contribution < 1.29 is 5.11 Å². The molecule has 2 nitrogen and oxygen atoms in total. The first-order chi connectivity index (χ1) is 9.54. The lowest BCUT2D eigenvalue weighted by Gasteiger charge is -2.23. The molecule has 0 amide bonds. The van der Waals surface area contributed by atoms with E-state index in [-0.39, 0.29) is 12.5 Å². The normalized spacial score (nSPS) is 14.1. The molecule has 5 heteroatoms. The van der Waals surface area contributed by atoms with Gasteiger partial charge in [0.05, 0.1) is 16.1 Å². The standard InChI is InChI=1S/C15H14Cl3NO/c16-10-4-1-3-9(7-10)12(8-19)15(20)11-5-2-6-13(17)14(11)18/h1-7,12,15,20H,8,19H2. The van der Waals surface area contributed by atoms with Crippen LogP contribution >= 0.6 is 34.8 Å². The Morgan fingerprint density at radius 1 is 1.05 bits per heavy atom. The lowest BCUT2D eigenvalue weighted by Crippen LogP contribution is -2.20. The van der Waals surface area contributed by atoms with Gasteiger partial charge in [-0.25, -0.2) is 0 Å². The highest BCUT2D eigenvalue weighted by atomic mass is 35.5. The molecule has 0 radical (unpaired) electrons. The van der Waals surface area contributed by atoms with E-state index in [1.807, 2.05) is 12.1 Å². The highest BCUT2D eigenvalue weighted by Gasteiger charge is 2.24. The van der Waals surface area contributed by atoms with Crippen LogP contribution in [0.2, 0.25) is 15.1 Å². The molecule has 0 fully saturated rings. The maximum atomic E-state index is 10.6. The Labute approximate surface area is 133 Å². The molecule has 20 heavy (non-hydrogen) atoms. The fraction of sp³-hybridized carbons (Fsp3) is 0.200. The minimum absolute atomic E-state index is 0.268. The lowest BCUT2D eigenvalue weighted by atomic mass is 9.89. The molecule has 2 aromatic carbocycles. The summed E-state index contributed by atoms with van der Waals surface area (Å²) in [6.45, 7) is 0.268. The predicted octanol–water partition coefficient (Wildman–Crippen LogP) is 4.42. The molecule has 0 aliphatic heterocycles. The monoisotopic (exact) mass is 329 g/mol. The SMILES string of the molecule is NCC(c1cccc(Cl)c1)C(O)c1cccc(Cl)c1Cl. The number of rotatable bonds is 4. The molecule has 0 heterocycles. The number of aliphatic hydroxyl groups excluding tert-OH is 1. The van der Waals surface area contributed by atoms with Gasteiger partial charge in [-0.15, -0.1) is 0 Å². The van der Waals surface area contributed by atoms with Crippen LogP contribution in [0.1, 0.15) is 23.1 Å². The lowest BCUT2D eigenvalue weighted by molar-refractivity contribution is 0.147. The number of benzene rings is 2. The second-order valence-corrected chi connectivity index (χ2v) is 5.71. The Balaban J connectivity index is 2.39. The van der Waals surface area contributed by atoms with Gasteiger partial charge in [0.15, 0.2) is 0 Å². The molecule has 2 aromatic rings. The van der Waals surface area contributed by atoms with E-state index in [2.05, 4.69) is 0 Å². The molecule has 0 saturated carbocycles. The van der Waals surface area contributed by atoms with Crippen molar-refractivity contribution in [3.05, 3.63) is 68.7 Å². The first-order valence-corrected chi connectivity index (χ1v) is 7.25. The number of nitrogens with two attached hydrogens (primary N) is 1. The van der Waals surface area contributed by atoms with Crippen LogP contribution in [0.3, 0.4) is 0 Å². The minimum atomic E-state index is -0.843. The second-order valence-electron chi connectivity index (χ2n) is 4.49. The molecule has 0 aliphatic carbocycles. The van der Waals surface area contributed by atoms with Crippen LogP contribution in [0, 0.1) is 0 Å². The molecule has 0 bridgehead atoms. The highest BCUT2D eigenvalue weighted by molar-refractivity contribution is 6.42. The van der Waals surface area contributed by atoms with E-state index in [0.29, 0.717) is 20.6 Å². The van der Waals surface area contributed by atoms with E-state index in [1.54, 1.807) is 30.3 Å². The van der Waals surface area contributed by atoms with Gasteiger partial charge >= 0.3 is 0 Å². The summed E-state index contributed by atoms with van der Waals surface area (Å²) in [5, 5.41) is 11.9. The van der Waals surface area contributed by atoms with Gasteiger partial charge in [0.2, 0.25) is 0 Å². The minimum Gasteiger partial charge on any atom is -0.388 e. The molecule has 2 atom stereocenters. The number of aliphatic hydroxyl groups is 1. The van der Waals surface area contributed by atoms with Crippen molar-refractivity contribution in [3.8, 4) is 0 Å². The molecule has 0 saturated heterocycles. The molecule has 106 valence electrons. The van der Waals surface area contributed by atoms with Gasteiger partial charge in [-0.3, -0.25) is 0 Å². The van der Waals surface area contributed by atoms with E-state index in [9.17, 15) is 5.11 Å². The highest BCUT2D eigenvalue weighted by Crippen LogP contribution is 2.37. The van der Waals surface area contributed by atoms with E-state index in [4.69, 9.17) is 40.5 Å². The van der Waals surface area contributed by atoms with E-state index >= 15 is 0 Å². The predicted molar refractivity (Wildman–Crippen MR) is 84.7 cm³/mol. The third-order valence-electron chi connectivity index (χ3n) is 3.21. The van der Waals surface area contributed by atoms with Crippen molar-refractivity contribution in [2.24, 2.45) is 5.73 Å². The topological polar surface area (TPSA) is 46.2 Å². The molecule has 0 spiro atoms. The van der Waals surface area contributed by atoms with Crippen molar-refractivity contribution in [2.45, 2.75) is 12.0 Å². The first kappa shape index (κ1) is 15.6. The molecule has 2 rings (SSSR count). The van der Waals surface area contributed by atoms with Crippen LogP contribution in [0.25, 0.3) is 0 Å². The summed E-state index contributed by atoms with van der Waals surface area (Å²) in [6, 6.07) is 12.4. The average molecular weight is 331 g/mol. The summed E-state index contributed by atoms with van der Waals surface area (Å²) in [6.07, 6.45) is -0.843. The Bertz CT molecular complexity index is 603. The third-order valence-corrected chi connectivity index (χ3v) is 4.28. The summed E-state index contributed by atoms with van der Waals surface area (Å²) in [4.78, 5) is 0. The summed E-state index contributed by atoms with van der Waals surface area (Å²) in [7, 11) is 0. The van der Waals surface area contributed by atoms with Gasteiger partial charge in [0.25, 0.3) is 0 Å². The first-order valence-electron chi connectivity index (χ1n) is 6.12. The van der Waals surface area contributed by atoms with Gasteiger partial charge in [0.1, 0.15) is 0 Å². The van der Waals surface area contributed by atoms with Gasteiger partial charge in [-0.05, 0) is 23.8 Å².